The number of benzene rings is 9. The number of pyridine rings is 2. The minimum Gasteiger partial charge on any atom is -0.309 e. The second-order valence-electron chi connectivity index (χ2n) is 14.0. The summed E-state index contributed by atoms with van der Waals surface area (Å²) in [4.78, 5) is 9.95. The second-order valence-corrected chi connectivity index (χ2v) is 16.7. The van der Waals surface area contributed by atoms with Crippen LogP contribution in [0.1, 0.15) is 0 Å². The number of nitrogens with zero attached hydrogens (tertiary/aromatic N) is 2. The highest BCUT2D eigenvalue weighted by molar-refractivity contribution is 7.85. The molecule has 0 fully saturated rings. The van der Waals surface area contributed by atoms with Gasteiger partial charge in [-0.25, -0.2) is 4.98 Å². The van der Waals surface area contributed by atoms with Crippen LogP contribution in [0.4, 0.5) is 0 Å². The van der Waals surface area contributed by atoms with E-state index in [1.807, 2.05) is 72.9 Å². The van der Waals surface area contributed by atoms with Crippen molar-refractivity contribution >= 4 is 88.0 Å². The first-order valence-corrected chi connectivity index (χ1v) is 20.0. The van der Waals surface area contributed by atoms with Crippen LogP contribution >= 0.6 is 7.14 Å². The average Bonchev–Trinajstić information content (AvgIpc) is 3.25. The Kier molecular flexibility index (Phi) is 6.83. The molecule has 0 saturated carbocycles. The van der Waals surface area contributed by atoms with Gasteiger partial charge in [-0.05, 0) is 72.4 Å². The van der Waals surface area contributed by atoms with Crippen LogP contribution < -0.4 is 15.9 Å². The first-order chi connectivity index (χ1) is 26.7. The lowest BCUT2D eigenvalue weighted by atomic mass is 9.87. The molecule has 9 aromatic carbocycles. The highest BCUT2D eigenvalue weighted by Gasteiger charge is 2.32. The molecule has 0 aliphatic carbocycles. The number of hydrogen-bond acceptors (Lipinski definition) is 3. The van der Waals surface area contributed by atoms with Crippen molar-refractivity contribution in [3.63, 3.8) is 0 Å². The van der Waals surface area contributed by atoms with Crippen molar-refractivity contribution in [1.82, 2.24) is 9.97 Å². The maximum Gasteiger partial charge on any atom is 0.171 e. The minimum atomic E-state index is -3.20. The summed E-state index contributed by atoms with van der Waals surface area (Å²) in [6, 6.07) is 63.1. The summed E-state index contributed by atoms with van der Waals surface area (Å²) in [6.45, 7) is 0. The van der Waals surface area contributed by atoms with Gasteiger partial charge >= 0.3 is 0 Å². The summed E-state index contributed by atoms with van der Waals surface area (Å²) < 4.78 is 15.6. The lowest BCUT2D eigenvalue weighted by molar-refractivity contribution is 0.592. The van der Waals surface area contributed by atoms with E-state index in [4.69, 9.17) is 9.97 Å². The van der Waals surface area contributed by atoms with Crippen LogP contribution in [0.15, 0.2) is 188 Å². The zero-order valence-corrected chi connectivity index (χ0v) is 30.0. The van der Waals surface area contributed by atoms with Crippen molar-refractivity contribution in [1.29, 1.82) is 0 Å². The Morgan fingerprint density at radius 1 is 0.370 bits per heavy atom. The summed E-state index contributed by atoms with van der Waals surface area (Å²) in [7, 11) is -3.20. The third-order valence-electron chi connectivity index (χ3n) is 11.1. The Morgan fingerprint density at radius 3 is 1.59 bits per heavy atom. The number of fused-ring (bicyclic) bond motifs is 4. The number of rotatable bonds is 5. The third kappa shape index (κ3) is 4.52. The minimum absolute atomic E-state index is 0.831. The molecule has 54 heavy (non-hydrogen) atoms. The summed E-state index contributed by atoms with van der Waals surface area (Å²) >= 11 is 0. The monoisotopic (exact) mass is 706 g/mol. The topological polar surface area (TPSA) is 42.9 Å². The number of aromatic nitrogens is 2. The van der Waals surface area contributed by atoms with E-state index in [2.05, 4.69) is 115 Å². The van der Waals surface area contributed by atoms with Crippen molar-refractivity contribution < 1.29 is 4.57 Å². The van der Waals surface area contributed by atoms with Crippen LogP contribution in [-0.4, -0.2) is 9.97 Å². The Hall–Kier alpha value is -6.67. The third-order valence-corrected chi connectivity index (χ3v) is 14.3. The molecule has 11 rings (SSSR count). The smallest absolute Gasteiger partial charge is 0.171 e. The quantitative estimate of drug-likeness (QED) is 0.132. The van der Waals surface area contributed by atoms with Crippen LogP contribution in [0.2, 0.25) is 0 Å². The summed E-state index contributed by atoms with van der Waals surface area (Å²) in [5.41, 5.74) is 6.14. The fourth-order valence-corrected chi connectivity index (χ4v) is 11.5. The molecule has 0 radical (unpaired) electrons. The standard InChI is InChI=1S/C50H31N2OP/c53-54(36-11-3-1-4-12-36,37-13-5-2-6-14-37)46-30-28-39(38-15-7-8-16-42(38)46)40-24-19-32-22-27-44-41(25-20-33-21-26-43(40)47(32)48(33)44)45-29-23-35-18-17-34-10-9-31-51-49(34)50(35)52-45/h1-31H. The lowest BCUT2D eigenvalue weighted by Gasteiger charge is -2.23. The van der Waals surface area contributed by atoms with Gasteiger partial charge in [0, 0.05) is 38.4 Å². The molecule has 0 aliphatic heterocycles. The van der Waals surface area contributed by atoms with E-state index in [1.54, 1.807) is 0 Å². The Bertz CT molecular complexity index is 3260. The fourth-order valence-electron chi connectivity index (χ4n) is 8.63. The maximum absolute atomic E-state index is 15.6. The van der Waals surface area contributed by atoms with Gasteiger partial charge in [0.25, 0.3) is 0 Å². The molecule has 3 nitrogen and oxygen atoms in total. The number of hydrogen-bond donors (Lipinski definition) is 0. The van der Waals surface area contributed by atoms with Crippen molar-refractivity contribution in [2.24, 2.45) is 0 Å². The van der Waals surface area contributed by atoms with Gasteiger partial charge in [-0.2, -0.15) is 0 Å². The van der Waals surface area contributed by atoms with E-state index in [0.717, 1.165) is 70.9 Å². The van der Waals surface area contributed by atoms with Gasteiger partial charge in [0.1, 0.15) is 0 Å². The zero-order chi connectivity index (χ0) is 35.8. The largest absolute Gasteiger partial charge is 0.309 e. The van der Waals surface area contributed by atoms with Crippen LogP contribution in [0.3, 0.4) is 0 Å². The summed E-state index contributed by atoms with van der Waals surface area (Å²) in [5.74, 6) is 0. The zero-order valence-electron chi connectivity index (χ0n) is 29.1. The molecule has 2 aromatic heterocycles. The van der Waals surface area contributed by atoms with E-state index in [1.165, 1.54) is 32.3 Å². The summed E-state index contributed by atoms with van der Waals surface area (Å²) in [5, 5.41) is 14.0. The van der Waals surface area contributed by atoms with Gasteiger partial charge in [-0.15, -0.1) is 0 Å². The van der Waals surface area contributed by atoms with Gasteiger partial charge in [0.15, 0.2) is 7.14 Å². The molecule has 2 heterocycles. The molecule has 11 aromatic rings. The molecule has 0 aliphatic rings. The first kappa shape index (κ1) is 30.9. The molecule has 0 bridgehead atoms. The van der Waals surface area contributed by atoms with E-state index in [-0.39, 0.29) is 0 Å². The van der Waals surface area contributed by atoms with E-state index < -0.39 is 7.14 Å². The van der Waals surface area contributed by atoms with Crippen molar-refractivity contribution in [3.05, 3.63) is 188 Å². The first-order valence-electron chi connectivity index (χ1n) is 18.3. The van der Waals surface area contributed by atoms with Gasteiger partial charge < -0.3 is 4.57 Å². The SMILES string of the molecule is O=P(c1ccccc1)(c1ccccc1)c1ccc(-c2ccc3ccc4c(-c5ccc6ccc7cccnc7c6n5)ccc5ccc2c3c54)c2ccccc12. The van der Waals surface area contributed by atoms with E-state index >= 15 is 4.57 Å². The molecular formula is C50H31N2OP. The van der Waals surface area contributed by atoms with Crippen molar-refractivity contribution in [3.8, 4) is 22.4 Å². The molecule has 0 unspecified atom stereocenters. The van der Waals surface area contributed by atoms with Crippen LogP contribution in [-0.2, 0) is 4.57 Å². The molecule has 0 atom stereocenters. The Balaban J connectivity index is 1.14. The van der Waals surface area contributed by atoms with Gasteiger partial charge in [-0.1, -0.05) is 164 Å². The predicted octanol–water partition coefficient (Wildman–Crippen LogP) is 11.8. The maximum atomic E-state index is 15.6. The predicted molar refractivity (Wildman–Crippen MR) is 229 cm³/mol. The summed E-state index contributed by atoms with van der Waals surface area (Å²) in [6.07, 6.45) is 1.84. The van der Waals surface area contributed by atoms with Crippen molar-refractivity contribution in [2.75, 3.05) is 0 Å². The second kappa shape index (κ2) is 11.9. The molecule has 0 N–H and O–H groups in total. The Morgan fingerprint density at radius 2 is 0.889 bits per heavy atom. The highest BCUT2D eigenvalue weighted by Crippen LogP contribution is 2.47. The van der Waals surface area contributed by atoms with Gasteiger partial charge in [0.2, 0.25) is 0 Å². The Labute approximate surface area is 311 Å². The molecule has 4 heteroatoms. The van der Waals surface area contributed by atoms with Crippen LogP contribution in [0, 0.1) is 0 Å². The highest BCUT2D eigenvalue weighted by atomic mass is 31.2. The fraction of sp³-hybridized carbons (Fsp3) is 0. The van der Waals surface area contributed by atoms with Gasteiger partial charge in [-0.3, -0.25) is 4.98 Å². The van der Waals surface area contributed by atoms with E-state index in [0.29, 0.717) is 0 Å². The van der Waals surface area contributed by atoms with Crippen LogP contribution in [0.25, 0.3) is 87.3 Å². The molecular weight excluding hydrogens is 676 g/mol. The normalized spacial score (nSPS) is 12.1. The lowest BCUT2D eigenvalue weighted by Crippen LogP contribution is -2.25. The average molecular weight is 707 g/mol. The van der Waals surface area contributed by atoms with Gasteiger partial charge in [0.05, 0.1) is 16.7 Å². The molecule has 0 saturated heterocycles. The van der Waals surface area contributed by atoms with Crippen LogP contribution in [0.5, 0.6) is 0 Å². The van der Waals surface area contributed by atoms with Crippen molar-refractivity contribution in [2.45, 2.75) is 0 Å². The molecule has 0 spiro atoms. The molecule has 0 amide bonds. The van der Waals surface area contributed by atoms with E-state index in [9.17, 15) is 0 Å². The molecule has 252 valence electrons.